The molecule has 4 rings (SSSR count). The predicted octanol–water partition coefficient (Wildman–Crippen LogP) is 3.78. The van der Waals surface area contributed by atoms with Crippen LogP contribution in [0.2, 0.25) is 0 Å². The molecule has 6 heteroatoms. The van der Waals surface area contributed by atoms with Gasteiger partial charge in [-0.3, -0.25) is 24.7 Å². The van der Waals surface area contributed by atoms with E-state index < -0.39 is 0 Å². The highest BCUT2D eigenvalue weighted by molar-refractivity contribution is 5.95. The smallest absolute Gasteiger partial charge is 0.254 e. The molecule has 0 aliphatic heterocycles. The van der Waals surface area contributed by atoms with Crippen molar-refractivity contribution in [3.05, 3.63) is 108 Å². The third kappa shape index (κ3) is 4.68. The second-order valence-electron chi connectivity index (χ2n) is 6.45. The third-order valence-corrected chi connectivity index (χ3v) is 4.38. The fourth-order valence-electron chi connectivity index (χ4n) is 2.97. The molecule has 6 nitrogen and oxygen atoms in total. The van der Waals surface area contributed by atoms with Crippen molar-refractivity contribution in [3.8, 4) is 11.4 Å². The summed E-state index contributed by atoms with van der Waals surface area (Å²) >= 11 is 0. The van der Waals surface area contributed by atoms with Gasteiger partial charge in [-0.2, -0.15) is 0 Å². The van der Waals surface area contributed by atoms with Crippen molar-refractivity contribution in [2.45, 2.75) is 13.1 Å². The van der Waals surface area contributed by atoms with Gasteiger partial charge >= 0.3 is 0 Å². The summed E-state index contributed by atoms with van der Waals surface area (Å²) in [4.78, 5) is 32.5. The van der Waals surface area contributed by atoms with Crippen molar-refractivity contribution in [2.24, 2.45) is 0 Å². The Kier molecular flexibility index (Phi) is 5.62. The molecule has 0 unspecified atom stereocenters. The zero-order valence-corrected chi connectivity index (χ0v) is 15.7. The Morgan fingerprint density at radius 1 is 0.655 bits per heavy atom. The van der Waals surface area contributed by atoms with Crippen molar-refractivity contribution >= 4 is 5.91 Å². The molecule has 0 aromatic carbocycles. The molecule has 4 heterocycles. The number of carbonyl (C=O) groups is 1. The van der Waals surface area contributed by atoms with Gasteiger partial charge in [0.1, 0.15) is 0 Å². The van der Waals surface area contributed by atoms with Crippen molar-refractivity contribution in [3.63, 3.8) is 0 Å². The molecular formula is C23H19N5O. The highest BCUT2D eigenvalue weighted by Gasteiger charge is 2.19. The Hall–Kier alpha value is -3.93. The van der Waals surface area contributed by atoms with Gasteiger partial charge in [0, 0.05) is 30.4 Å². The molecule has 1 amide bonds. The summed E-state index contributed by atoms with van der Waals surface area (Å²) in [6.07, 6.45) is 6.80. The highest BCUT2D eigenvalue weighted by Crippen LogP contribution is 2.18. The normalized spacial score (nSPS) is 10.5. The molecule has 4 aromatic heterocycles. The van der Waals surface area contributed by atoms with E-state index >= 15 is 0 Å². The molecule has 0 spiro atoms. The summed E-state index contributed by atoms with van der Waals surface area (Å²) in [7, 11) is 0. The number of hydrogen-bond donors (Lipinski definition) is 0. The number of nitrogens with zero attached hydrogens (tertiary/aromatic N) is 5. The summed E-state index contributed by atoms with van der Waals surface area (Å²) in [6.45, 7) is 0.773. The molecule has 0 saturated carbocycles. The first-order chi connectivity index (χ1) is 14.3. The van der Waals surface area contributed by atoms with E-state index in [2.05, 4.69) is 19.9 Å². The molecule has 0 fully saturated rings. The second-order valence-corrected chi connectivity index (χ2v) is 6.45. The molecule has 0 atom stereocenters. The Labute approximate surface area is 168 Å². The van der Waals surface area contributed by atoms with E-state index in [0.29, 0.717) is 24.3 Å². The number of hydrogen-bond acceptors (Lipinski definition) is 5. The van der Waals surface area contributed by atoms with Crippen LogP contribution in [0.1, 0.15) is 21.7 Å². The first-order valence-electron chi connectivity index (χ1n) is 9.26. The van der Waals surface area contributed by atoms with Crippen LogP contribution in [0.15, 0.2) is 91.5 Å². The lowest BCUT2D eigenvalue weighted by molar-refractivity contribution is 0.0725. The van der Waals surface area contributed by atoms with Crippen LogP contribution in [0.25, 0.3) is 11.4 Å². The Morgan fingerprint density at radius 2 is 1.24 bits per heavy atom. The van der Waals surface area contributed by atoms with Crippen LogP contribution in [0, 0.1) is 0 Å². The fraction of sp³-hybridized carbons (Fsp3) is 0.0870. The van der Waals surface area contributed by atoms with Crippen LogP contribution in [-0.2, 0) is 13.1 Å². The monoisotopic (exact) mass is 381 g/mol. The Balaban J connectivity index is 1.64. The molecule has 29 heavy (non-hydrogen) atoms. The van der Waals surface area contributed by atoms with E-state index in [-0.39, 0.29) is 5.91 Å². The number of pyridine rings is 4. The molecule has 4 aromatic rings. The minimum atomic E-state index is -0.110. The first-order valence-corrected chi connectivity index (χ1v) is 9.26. The molecule has 0 aliphatic rings. The summed E-state index contributed by atoms with van der Waals surface area (Å²) in [5, 5.41) is 0. The van der Waals surface area contributed by atoms with Crippen molar-refractivity contribution < 1.29 is 4.79 Å². The number of rotatable bonds is 6. The van der Waals surface area contributed by atoms with E-state index in [4.69, 9.17) is 0 Å². The molecule has 0 saturated heterocycles. The van der Waals surface area contributed by atoms with Gasteiger partial charge in [-0.1, -0.05) is 18.2 Å². The molecule has 0 radical (unpaired) electrons. The topological polar surface area (TPSA) is 71.9 Å². The van der Waals surface area contributed by atoms with Gasteiger partial charge in [-0.15, -0.1) is 0 Å². The van der Waals surface area contributed by atoms with Gasteiger partial charge in [0.15, 0.2) is 0 Å². The summed E-state index contributed by atoms with van der Waals surface area (Å²) in [6, 6.07) is 20.5. The maximum absolute atomic E-state index is 13.4. The minimum Gasteiger partial charge on any atom is -0.327 e. The van der Waals surface area contributed by atoms with Crippen molar-refractivity contribution in [1.29, 1.82) is 0 Å². The first kappa shape index (κ1) is 18.4. The Bertz CT molecular complexity index is 1030. The maximum atomic E-state index is 13.4. The fourth-order valence-corrected chi connectivity index (χ4v) is 2.97. The zero-order valence-electron chi connectivity index (χ0n) is 15.7. The standard InChI is InChI=1S/C23H19N5O/c29-23(18-10-14-27-22(15-18)21-9-3-6-13-26-21)28(16-19-7-1-4-11-24-19)17-20-8-2-5-12-25-20/h1-15H,16-17H2. The van der Waals surface area contributed by atoms with Crippen LogP contribution < -0.4 is 0 Å². The van der Waals surface area contributed by atoms with Gasteiger partial charge in [0.05, 0.1) is 35.9 Å². The Morgan fingerprint density at radius 3 is 1.79 bits per heavy atom. The average Bonchev–Trinajstić information content (AvgIpc) is 2.80. The molecular weight excluding hydrogens is 362 g/mol. The lowest BCUT2D eigenvalue weighted by Crippen LogP contribution is -2.31. The number of amides is 1. The zero-order chi connectivity index (χ0) is 19.9. The summed E-state index contributed by atoms with van der Waals surface area (Å²) < 4.78 is 0. The van der Waals surface area contributed by atoms with Gasteiger partial charge < -0.3 is 4.90 Å². The molecule has 0 aliphatic carbocycles. The summed E-state index contributed by atoms with van der Waals surface area (Å²) in [5.74, 6) is -0.110. The van der Waals surface area contributed by atoms with Crippen LogP contribution in [0.3, 0.4) is 0 Å². The maximum Gasteiger partial charge on any atom is 0.254 e. The van der Waals surface area contributed by atoms with E-state index in [9.17, 15) is 4.79 Å². The lowest BCUT2D eigenvalue weighted by atomic mass is 10.1. The molecule has 142 valence electrons. The van der Waals surface area contributed by atoms with Gasteiger partial charge in [-0.05, 0) is 48.5 Å². The lowest BCUT2D eigenvalue weighted by Gasteiger charge is -2.22. The van der Waals surface area contributed by atoms with Gasteiger partial charge in [0.2, 0.25) is 0 Å². The van der Waals surface area contributed by atoms with E-state index in [0.717, 1.165) is 17.1 Å². The van der Waals surface area contributed by atoms with Gasteiger partial charge in [0.25, 0.3) is 5.91 Å². The predicted molar refractivity (Wildman–Crippen MR) is 110 cm³/mol. The SMILES string of the molecule is O=C(c1ccnc(-c2ccccn2)c1)N(Cc1ccccn1)Cc1ccccn1. The average molecular weight is 381 g/mol. The van der Waals surface area contributed by atoms with Crippen LogP contribution >= 0.6 is 0 Å². The van der Waals surface area contributed by atoms with Crippen LogP contribution in [0.5, 0.6) is 0 Å². The summed E-state index contributed by atoms with van der Waals surface area (Å²) in [5.41, 5.74) is 3.56. The highest BCUT2D eigenvalue weighted by atomic mass is 16.2. The van der Waals surface area contributed by atoms with Crippen molar-refractivity contribution in [2.75, 3.05) is 0 Å². The second kappa shape index (κ2) is 8.84. The van der Waals surface area contributed by atoms with Gasteiger partial charge in [-0.25, -0.2) is 0 Å². The van der Waals surface area contributed by atoms with Crippen LogP contribution in [-0.4, -0.2) is 30.7 Å². The number of carbonyl (C=O) groups excluding carboxylic acids is 1. The number of aromatic nitrogens is 4. The van der Waals surface area contributed by atoms with Crippen molar-refractivity contribution in [1.82, 2.24) is 24.8 Å². The van der Waals surface area contributed by atoms with Crippen LogP contribution in [0.4, 0.5) is 0 Å². The minimum absolute atomic E-state index is 0.110. The van der Waals surface area contributed by atoms with E-state index in [1.807, 2.05) is 54.6 Å². The quantitative estimate of drug-likeness (QED) is 0.508. The largest absolute Gasteiger partial charge is 0.327 e. The third-order valence-electron chi connectivity index (χ3n) is 4.38. The molecule has 0 bridgehead atoms. The van der Waals surface area contributed by atoms with E-state index in [1.165, 1.54) is 0 Å². The molecule has 0 N–H and O–H groups in total. The van der Waals surface area contributed by atoms with E-state index in [1.54, 1.807) is 41.8 Å².